The Morgan fingerprint density at radius 1 is 1.12 bits per heavy atom. The molecule has 0 bridgehead atoms. The van der Waals surface area contributed by atoms with E-state index in [1.165, 1.54) is 22.8 Å². The number of carbonyl (C=O) groups is 1. The van der Waals surface area contributed by atoms with Crippen LogP contribution in [0.25, 0.3) is 22.6 Å². The van der Waals surface area contributed by atoms with Crippen molar-refractivity contribution in [3.8, 4) is 22.6 Å². The summed E-state index contributed by atoms with van der Waals surface area (Å²) in [5.74, 6) is -1.25. The van der Waals surface area contributed by atoms with Crippen LogP contribution in [0.15, 0.2) is 53.6 Å². The van der Waals surface area contributed by atoms with Gasteiger partial charge in [-0.15, -0.1) is 0 Å². The predicted octanol–water partition coefficient (Wildman–Crippen LogP) is 1.47. The largest absolute Gasteiger partial charge is 0.384 e. The van der Waals surface area contributed by atoms with Crippen LogP contribution in [0.2, 0.25) is 0 Å². The lowest BCUT2D eigenvalue weighted by molar-refractivity contribution is 0.0946. The van der Waals surface area contributed by atoms with Gasteiger partial charge in [-0.3, -0.25) is 9.59 Å². The monoisotopic (exact) mass is 434 g/mol. The summed E-state index contributed by atoms with van der Waals surface area (Å²) in [6.45, 7) is -0.218. The van der Waals surface area contributed by atoms with Gasteiger partial charge in [0.25, 0.3) is 5.91 Å². The molecule has 6 N–H and O–H groups in total. The molecule has 0 aliphatic rings. The molecule has 4 aromatic rings. The van der Waals surface area contributed by atoms with Crippen molar-refractivity contribution in [1.82, 2.24) is 29.8 Å². The highest BCUT2D eigenvalue weighted by Crippen LogP contribution is 2.29. The Bertz CT molecular complexity index is 1360. The maximum absolute atomic E-state index is 13.9. The molecule has 0 unspecified atom stereocenters. The summed E-state index contributed by atoms with van der Waals surface area (Å²) in [5, 5.41) is 2.54. The van der Waals surface area contributed by atoms with Crippen molar-refractivity contribution in [2.24, 2.45) is 7.05 Å². The lowest BCUT2D eigenvalue weighted by atomic mass is 10.1. The standard InChI is InChI=1S/C21H19FN8O2/c1-30-10-11(4-7-16(30)31)17-18(13-3-2-8-25-13)29-20(24)19(28-17)21(32)26-9-14-12(22)5-6-15(23)27-14/h2-8,10,25H,9H2,1H3,(H2,23,27)(H2,24,29)(H,26,32). The van der Waals surface area contributed by atoms with Gasteiger partial charge in [0.1, 0.15) is 23.0 Å². The van der Waals surface area contributed by atoms with Crippen molar-refractivity contribution < 1.29 is 9.18 Å². The normalized spacial score (nSPS) is 10.8. The van der Waals surface area contributed by atoms with E-state index >= 15 is 0 Å². The average molecular weight is 434 g/mol. The van der Waals surface area contributed by atoms with Gasteiger partial charge in [0, 0.05) is 31.1 Å². The number of nitrogen functional groups attached to an aromatic ring is 2. The Morgan fingerprint density at radius 3 is 2.66 bits per heavy atom. The van der Waals surface area contributed by atoms with Crippen molar-refractivity contribution in [3.63, 3.8) is 0 Å². The second-order valence-corrected chi connectivity index (χ2v) is 6.95. The predicted molar refractivity (Wildman–Crippen MR) is 117 cm³/mol. The van der Waals surface area contributed by atoms with Crippen molar-refractivity contribution in [3.05, 3.63) is 76.4 Å². The minimum Gasteiger partial charge on any atom is -0.384 e. The Hall–Kier alpha value is -4.54. The van der Waals surface area contributed by atoms with Gasteiger partial charge in [-0.25, -0.2) is 19.3 Å². The minimum atomic E-state index is -0.664. The SMILES string of the molecule is Cn1cc(-c2nc(C(=O)NCc3nc(N)ccc3F)c(N)nc2-c2ccc[nH]2)ccc1=O. The van der Waals surface area contributed by atoms with Gasteiger partial charge in [0.15, 0.2) is 11.5 Å². The first-order valence-electron chi connectivity index (χ1n) is 9.51. The first-order valence-corrected chi connectivity index (χ1v) is 9.51. The highest BCUT2D eigenvalue weighted by molar-refractivity contribution is 5.97. The number of nitrogens with one attached hydrogen (secondary N) is 2. The molecule has 0 saturated heterocycles. The highest BCUT2D eigenvalue weighted by atomic mass is 19.1. The summed E-state index contributed by atoms with van der Waals surface area (Å²) >= 11 is 0. The maximum Gasteiger partial charge on any atom is 0.274 e. The number of rotatable bonds is 5. The maximum atomic E-state index is 13.9. The van der Waals surface area contributed by atoms with Crippen molar-refractivity contribution in [1.29, 1.82) is 0 Å². The summed E-state index contributed by atoms with van der Waals surface area (Å²) in [6, 6.07) is 9.03. The van der Waals surface area contributed by atoms with Crippen molar-refractivity contribution in [2.75, 3.05) is 11.5 Å². The number of aryl methyl sites for hydroxylation is 1. The number of pyridine rings is 2. The number of hydrogen-bond donors (Lipinski definition) is 4. The number of anilines is 2. The third kappa shape index (κ3) is 4.03. The van der Waals surface area contributed by atoms with Gasteiger partial charge in [0.2, 0.25) is 5.56 Å². The van der Waals surface area contributed by atoms with E-state index in [-0.39, 0.29) is 35.1 Å². The molecule has 0 spiro atoms. The number of aromatic nitrogens is 5. The van der Waals surface area contributed by atoms with Crippen LogP contribution < -0.4 is 22.3 Å². The Labute approximate surface area is 181 Å². The van der Waals surface area contributed by atoms with Crippen LogP contribution in [-0.2, 0) is 13.6 Å². The third-order valence-electron chi connectivity index (χ3n) is 4.71. The number of H-pyrrole nitrogens is 1. The lowest BCUT2D eigenvalue weighted by Gasteiger charge is -2.13. The highest BCUT2D eigenvalue weighted by Gasteiger charge is 2.21. The van der Waals surface area contributed by atoms with Crippen LogP contribution in [0.1, 0.15) is 16.2 Å². The molecule has 0 atom stereocenters. The quantitative estimate of drug-likeness (QED) is 0.370. The molecule has 32 heavy (non-hydrogen) atoms. The average Bonchev–Trinajstić information content (AvgIpc) is 3.31. The van der Waals surface area contributed by atoms with Crippen molar-refractivity contribution >= 4 is 17.5 Å². The summed E-state index contributed by atoms with van der Waals surface area (Å²) < 4.78 is 15.3. The zero-order valence-corrected chi connectivity index (χ0v) is 17.0. The molecule has 0 fully saturated rings. The van der Waals surface area contributed by atoms with Crippen LogP contribution in [-0.4, -0.2) is 30.4 Å². The van der Waals surface area contributed by atoms with Gasteiger partial charge in [-0.05, 0) is 30.3 Å². The van der Waals surface area contributed by atoms with Gasteiger partial charge in [-0.2, -0.15) is 0 Å². The van der Waals surface area contributed by atoms with Crippen LogP contribution in [0.4, 0.5) is 16.0 Å². The molecule has 11 heteroatoms. The minimum absolute atomic E-state index is 0.0221. The van der Waals surface area contributed by atoms with Gasteiger partial charge >= 0.3 is 0 Å². The fraction of sp³-hybridized carbons (Fsp3) is 0.0952. The number of nitrogens with zero attached hydrogens (tertiary/aromatic N) is 4. The second-order valence-electron chi connectivity index (χ2n) is 6.95. The van der Waals surface area contributed by atoms with E-state index in [2.05, 4.69) is 25.3 Å². The first kappa shape index (κ1) is 20.7. The molecule has 0 saturated carbocycles. The second kappa shape index (κ2) is 8.30. The van der Waals surface area contributed by atoms with Crippen LogP contribution >= 0.6 is 0 Å². The molecule has 0 aliphatic carbocycles. The lowest BCUT2D eigenvalue weighted by Crippen LogP contribution is -2.27. The summed E-state index contributed by atoms with van der Waals surface area (Å²) in [7, 11) is 1.60. The number of carbonyl (C=O) groups excluding carboxylic acids is 1. The van der Waals surface area contributed by atoms with Crippen LogP contribution in [0.3, 0.4) is 0 Å². The summed E-state index contributed by atoms with van der Waals surface area (Å²) in [4.78, 5) is 40.3. The number of aromatic amines is 1. The molecule has 4 heterocycles. The van der Waals surface area contributed by atoms with E-state index in [1.807, 2.05) is 0 Å². The number of hydrogen-bond acceptors (Lipinski definition) is 7. The Morgan fingerprint density at radius 2 is 1.94 bits per heavy atom. The van der Waals surface area contributed by atoms with E-state index in [0.717, 1.165) is 0 Å². The van der Waals surface area contributed by atoms with Crippen LogP contribution in [0, 0.1) is 5.82 Å². The number of amides is 1. The van der Waals surface area contributed by atoms with Crippen molar-refractivity contribution in [2.45, 2.75) is 6.54 Å². The van der Waals surface area contributed by atoms with Gasteiger partial charge in [0.05, 0.1) is 17.9 Å². The molecule has 4 aromatic heterocycles. The fourth-order valence-electron chi connectivity index (χ4n) is 3.09. The molecule has 0 aromatic carbocycles. The molecule has 0 radical (unpaired) electrons. The van der Waals surface area contributed by atoms with E-state index in [9.17, 15) is 14.0 Å². The molecule has 0 aliphatic heterocycles. The fourth-order valence-corrected chi connectivity index (χ4v) is 3.09. The molecular weight excluding hydrogens is 415 g/mol. The molecule has 1 amide bonds. The van der Waals surface area contributed by atoms with E-state index in [1.54, 1.807) is 37.6 Å². The Balaban J connectivity index is 1.74. The smallest absolute Gasteiger partial charge is 0.274 e. The van der Waals surface area contributed by atoms with E-state index < -0.39 is 11.7 Å². The molecule has 4 rings (SSSR count). The first-order chi connectivity index (χ1) is 15.3. The molecular formula is C21H19FN8O2. The van der Waals surface area contributed by atoms with E-state index in [4.69, 9.17) is 11.5 Å². The Kier molecular flexibility index (Phi) is 5.37. The number of nitrogens with two attached hydrogens (primary N) is 2. The van der Waals surface area contributed by atoms with Gasteiger partial charge in [-0.1, -0.05) is 0 Å². The number of halogens is 1. The van der Waals surface area contributed by atoms with Gasteiger partial charge < -0.3 is 26.3 Å². The third-order valence-corrected chi connectivity index (χ3v) is 4.71. The van der Waals surface area contributed by atoms with E-state index in [0.29, 0.717) is 22.6 Å². The summed E-state index contributed by atoms with van der Waals surface area (Å²) in [5.41, 5.74) is 13.2. The zero-order chi connectivity index (χ0) is 22.8. The molecule has 10 nitrogen and oxygen atoms in total. The van der Waals surface area contributed by atoms with Crippen LogP contribution in [0.5, 0.6) is 0 Å². The topological polar surface area (TPSA) is 158 Å². The zero-order valence-electron chi connectivity index (χ0n) is 17.0. The summed E-state index contributed by atoms with van der Waals surface area (Å²) in [6.07, 6.45) is 3.30. The molecule has 162 valence electrons.